The maximum Gasteiger partial charge on any atom is 0.325 e. The van der Waals surface area contributed by atoms with E-state index in [9.17, 15) is 19.2 Å². The monoisotopic (exact) mass is 297 g/mol. The molecule has 2 aliphatic rings. The highest BCUT2D eigenvalue weighted by molar-refractivity contribution is 6.04. The van der Waals surface area contributed by atoms with Crippen molar-refractivity contribution in [3.63, 3.8) is 0 Å². The fourth-order valence-electron chi connectivity index (χ4n) is 2.71. The standard InChI is InChI=1S/C13H19N3O5/c17-10-6-14-13(21)16(10)8-11(18)15-5-1-2-9(7-15)3-4-12(19)20/h9H,1-8H2,(H,14,21)(H,19,20). The first-order valence-electron chi connectivity index (χ1n) is 7.05. The van der Waals surface area contributed by atoms with Crippen LogP contribution in [0.25, 0.3) is 0 Å². The van der Waals surface area contributed by atoms with Crippen LogP contribution in [0, 0.1) is 5.92 Å². The fraction of sp³-hybridized carbons (Fsp3) is 0.692. The predicted molar refractivity (Wildman–Crippen MR) is 71.3 cm³/mol. The maximum absolute atomic E-state index is 12.2. The summed E-state index contributed by atoms with van der Waals surface area (Å²) < 4.78 is 0. The first-order valence-corrected chi connectivity index (χ1v) is 7.05. The minimum atomic E-state index is -0.835. The molecule has 2 heterocycles. The number of piperidine rings is 1. The minimum Gasteiger partial charge on any atom is -0.481 e. The highest BCUT2D eigenvalue weighted by Crippen LogP contribution is 2.21. The van der Waals surface area contributed by atoms with Gasteiger partial charge in [-0.15, -0.1) is 0 Å². The molecule has 0 aromatic carbocycles. The molecule has 0 saturated carbocycles. The number of amides is 4. The average molecular weight is 297 g/mol. The zero-order valence-electron chi connectivity index (χ0n) is 11.7. The van der Waals surface area contributed by atoms with Crippen molar-refractivity contribution in [1.29, 1.82) is 0 Å². The Bertz CT molecular complexity index is 449. The van der Waals surface area contributed by atoms with Gasteiger partial charge in [0.1, 0.15) is 6.54 Å². The molecule has 8 heteroatoms. The van der Waals surface area contributed by atoms with Gasteiger partial charge in [0.2, 0.25) is 5.91 Å². The number of imide groups is 1. The van der Waals surface area contributed by atoms with Crippen molar-refractivity contribution in [2.75, 3.05) is 26.2 Å². The van der Waals surface area contributed by atoms with E-state index in [0.29, 0.717) is 19.5 Å². The van der Waals surface area contributed by atoms with E-state index in [4.69, 9.17) is 5.11 Å². The van der Waals surface area contributed by atoms with Crippen LogP contribution in [0.15, 0.2) is 0 Å². The summed E-state index contributed by atoms with van der Waals surface area (Å²) in [6.45, 7) is 0.783. The molecule has 21 heavy (non-hydrogen) atoms. The quantitative estimate of drug-likeness (QED) is 0.674. The topological polar surface area (TPSA) is 107 Å². The van der Waals surface area contributed by atoms with E-state index in [0.717, 1.165) is 17.7 Å². The number of nitrogens with zero attached hydrogens (tertiary/aromatic N) is 2. The highest BCUT2D eigenvalue weighted by Gasteiger charge is 2.32. The Kier molecular flexibility index (Phi) is 4.77. The fourth-order valence-corrected chi connectivity index (χ4v) is 2.71. The van der Waals surface area contributed by atoms with Gasteiger partial charge in [-0.3, -0.25) is 19.3 Å². The van der Waals surface area contributed by atoms with Crippen molar-refractivity contribution in [3.05, 3.63) is 0 Å². The van der Waals surface area contributed by atoms with E-state index >= 15 is 0 Å². The zero-order chi connectivity index (χ0) is 15.4. The van der Waals surface area contributed by atoms with E-state index in [1.54, 1.807) is 4.90 Å². The van der Waals surface area contributed by atoms with Crippen LogP contribution < -0.4 is 5.32 Å². The van der Waals surface area contributed by atoms with Crippen LogP contribution >= 0.6 is 0 Å². The molecule has 1 atom stereocenters. The van der Waals surface area contributed by atoms with Crippen LogP contribution in [0.3, 0.4) is 0 Å². The first-order chi connectivity index (χ1) is 9.97. The summed E-state index contributed by atoms with van der Waals surface area (Å²) in [5, 5.41) is 11.1. The molecular formula is C13H19N3O5. The lowest BCUT2D eigenvalue weighted by atomic mass is 9.93. The zero-order valence-corrected chi connectivity index (χ0v) is 11.7. The number of carbonyl (C=O) groups is 4. The van der Waals surface area contributed by atoms with Gasteiger partial charge in [-0.25, -0.2) is 4.79 Å². The van der Waals surface area contributed by atoms with Crippen molar-refractivity contribution in [3.8, 4) is 0 Å². The number of rotatable bonds is 5. The molecule has 4 amide bonds. The lowest BCUT2D eigenvalue weighted by Gasteiger charge is -2.33. The second-order valence-electron chi connectivity index (χ2n) is 5.42. The Balaban J connectivity index is 1.85. The number of nitrogens with one attached hydrogen (secondary N) is 1. The molecule has 0 aliphatic carbocycles. The van der Waals surface area contributed by atoms with Gasteiger partial charge < -0.3 is 15.3 Å². The Morgan fingerprint density at radius 2 is 2.10 bits per heavy atom. The molecule has 0 aromatic rings. The highest BCUT2D eigenvalue weighted by atomic mass is 16.4. The smallest absolute Gasteiger partial charge is 0.325 e. The van der Waals surface area contributed by atoms with Gasteiger partial charge in [0.05, 0.1) is 6.54 Å². The largest absolute Gasteiger partial charge is 0.481 e. The van der Waals surface area contributed by atoms with Crippen LogP contribution in [0.1, 0.15) is 25.7 Å². The van der Waals surface area contributed by atoms with Gasteiger partial charge in [-0.2, -0.15) is 0 Å². The molecule has 0 radical (unpaired) electrons. The third kappa shape index (κ3) is 3.93. The van der Waals surface area contributed by atoms with Gasteiger partial charge in [-0.05, 0) is 25.2 Å². The molecule has 0 aromatic heterocycles. The van der Waals surface area contributed by atoms with Crippen LogP contribution in [0.2, 0.25) is 0 Å². The third-order valence-electron chi connectivity index (χ3n) is 3.87. The molecule has 8 nitrogen and oxygen atoms in total. The summed E-state index contributed by atoms with van der Waals surface area (Å²) in [7, 11) is 0. The number of urea groups is 1. The van der Waals surface area contributed by atoms with Crippen molar-refractivity contribution in [2.45, 2.75) is 25.7 Å². The van der Waals surface area contributed by atoms with Gasteiger partial charge in [0, 0.05) is 19.5 Å². The van der Waals surface area contributed by atoms with Gasteiger partial charge in [0.15, 0.2) is 0 Å². The molecule has 2 rings (SSSR count). The minimum absolute atomic E-state index is 0.0622. The Labute approximate surface area is 122 Å². The lowest BCUT2D eigenvalue weighted by Crippen LogP contribution is -2.46. The summed E-state index contributed by atoms with van der Waals surface area (Å²) in [5.74, 6) is -1.33. The van der Waals surface area contributed by atoms with E-state index in [1.165, 1.54) is 0 Å². The normalized spacial score (nSPS) is 22.4. The summed E-state index contributed by atoms with van der Waals surface area (Å²) in [6, 6.07) is -0.534. The summed E-state index contributed by atoms with van der Waals surface area (Å²) >= 11 is 0. The molecule has 2 aliphatic heterocycles. The summed E-state index contributed by atoms with van der Waals surface area (Å²) in [5.41, 5.74) is 0. The number of hydrogen-bond acceptors (Lipinski definition) is 4. The van der Waals surface area contributed by atoms with E-state index in [1.807, 2.05) is 0 Å². The number of aliphatic carboxylic acids is 1. The molecule has 1 unspecified atom stereocenters. The Morgan fingerprint density at radius 3 is 2.71 bits per heavy atom. The molecule has 2 fully saturated rings. The summed E-state index contributed by atoms with van der Waals surface area (Å²) in [4.78, 5) is 48.1. The second kappa shape index (κ2) is 6.55. The van der Waals surface area contributed by atoms with Crippen molar-refractivity contribution in [2.24, 2.45) is 5.92 Å². The SMILES string of the molecule is O=C(O)CCC1CCCN(C(=O)CN2C(=O)CNC2=O)C1. The Morgan fingerprint density at radius 1 is 1.33 bits per heavy atom. The lowest BCUT2D eigenvalue weighted by molar-refractivity contribution is -0.138. The van der Waals surface area contributed by atoms with E-state index in [2.05, 4.69) is 5.32 Å². The second-order valence-corrected chi connectivity index (χ2v) is 5.42. The number of carboxylic acid groups (broad SMARTS) is 1. The van der Waals surface area contributed by atoms with E-state index < -0.39 is 17.9 Å². The van der Waals surface area contributed by atoms with Crippen LogP contribution in [-0.2, 0) is 14.4 Å². The molecular weight excluding hydrogens is 278 g/mol. The number of carbonyl (C=O) groups excluding carboxylic acids is 3. The van der Waals surface area contributed by atoms with Crippen molar-refractivity contribution < 1.29 is 24.3 Å². The number of likely N-dealkylation sites (tertiary alicyclic amines) is 1. The first kappa shape index (κ1) is 15.3. The summed E-state index contributed by atoms with van der Waals surface area (Å²) in [6.07, 6.45) is 2.36. The van der Waals surface area contributed by atoms with Crippen molar-refractivity contribution >= 4 is 23.8 Å². The number of carboxylic acids is 1. The number of hydrogen-bond donors (Lipinski definition) is 2. The van der Waals surface area contributed by atoms with Gasteiger partial charge in [-0.1, -0.05) is 0 Å². The molecule has 2 N–H and O–H groups in total. The van der Waals surface area contributed by atoms with Crippen LogP contribution in [0.5, 0.6) is 0 Å². The molecule has 2 saturated heterocycles. The van der Waals surface area contributed by atoms with Gasteiger partial charge in [0.25, 0.3) is 5.91 Å². The van der Waals surface area contributed by atoms with Crippen molar-refractivity contribution in [1.82, 2.24) is 15.1 Å². The van der Waals surface area contributed by atoms with Gasteiger partial charge >= 0.3 is 12.0 Å². The predicted octanol–water partition coefficient (Wildman–Crippen LogP) is -0.358. The Hall–Kier alpha value is -2.12. The molecule has 116 valence electrons. The van der Waals surface area contributed by atoms with Crippen LogP contribution in [-0.4, -0.2) is 64.9 Å². The molecule has 0 spiro atoms. The average Bonchev–Trinajstić information content (AvgIpc) is 2.77. The van der Waals surface area contributed by atoms with Crippen LogP contribution in [0.4, 0.5) is 4.79 Å². The maximum atomic E-state index is 12.2. The molecule has 0 bridgehead atoms. The third-order valence-corrected chi connectivity index (χ3v) is 3.87. The van der Waals surface area contributed by atoms with E-state index in [-0.39, 0.29) is 31.3 Å².